The Bertz CT molecular complexity index is 843. The van der Waals surface area contributed by atoms with Gasteiger partial charge in [-0.25, -0.2) is 4.98 Å². The number of rotatable bonds is 9. The summed E-state index contributed by atoms with van der Waals surface area (Å²) in [7, 11) is -1.68. The van der Waals surface area contributed by atoms with Gasteiger partial charge < -0.3 is 20.7 Å². The number of benzene rings is 1. The molecule has 1 aromatic carbocycles. The highest BCUT2D eigenvalue weighted by atomic mass is 16.4. The van der Waals surface area contributed by atoms with Gasteiger partial charge in [0.1, 0.15) is 11.7 Å². The Kier molecular flexibility index (Phi) is 8.56. The van der Waals surface area contributed by atoms with Crippen LogP contribution in [0, 0.1) is 11.8 Å². The molecule has 160 valence electrons. The lowest BCUT2D eigenvalue weighted by Gasteiger charge is -2.26. The van der Waals surface area contributed by atoms with Crippen molar-refractivity contribution >= 4 is 18.9 Å². The summed E-state index contributed by atoms with van der Waals surface area (Å²) < 4.78 is 0. The highest BCUT2D eigenvalue weighted by Gasteiger charge is 2.31. The Hall–Kier alpha value is -2.71. The second-order valence-corrected chi connectivity index (χ2v) is 8.13. The van der Waals surface area contributed by atoms with Crippen LogP contribution in [0.15, 0.2) is 48.5 Å². The number of hydrogen-bond donors (Lipinski definition) is 4. The summed E-state index contributed by atoms with van der Waals surface area (Å²) in [6.07, 6.45) is 0.406. The lowest BCUT2D eigenvalue weighted by molar-refractivity contribution is -0.124. The minimum Gasteiger partial charge on any atom is -0.426 e. The third kappa shape index (κ3) is 6.67. The fourth-order valence-electron chi connectivity index (χ4n) is 3.12. The zero-order valence-corrected chi connectivity index (χ0v) is 17.9. The average Bonchev–Trinajstić information content (AvgIpc) is 2.71. The summed E-state index contributed by atoms with van der Waals surface area (Å²) in [5, 5.41) is 24.5. The maximum Gasteiger partial charge on any atom is 0.475 e. The Morgan fingerprint density at radius 3 is 2.20 bits per heavy atom. The molecule has 0 saturated carbocycles. The number of nitrogens with zero attached hydrogens (tertiary/aromatic N) is 1. The summed E-state index contributed by atoms with van der Waals surface area (Å²) in [6, 6.07) is 13.8. The van der Waals surface area contributed by atoms with Crippen molar-refractivity contribution in [2.45, 2.75) is 46.1 Å². The fraction of sp³-hybridized carbons (Fsp3) is 0.409. The van der Waals surface area contributed by atoms with Crippen molar-refractivity contribution in [2.24, 2.45) is 11.8 Å². The molecule has 2 unspecified atom stereocenters. The zero-order chi connectivity index (χ0) is 22.3. The van der Waals surface area contributed by atoms with Crippen molar-refractivity contribution < 1.29 is 19.6 Å². The van der Waals surface area contributed by atoms with Gasteiger partial charge in [-0.3, -0.25) is 9.59 Å². The fourth-order valence-corrected chi connectivity index (χ4v) is 3.12. The van der Waals surface area contributed by atoms with E-state index in [9.17, 15) is 19.6 Å². The maximum atomic E-state index is 12.8. The number of pyridine rings is 1. The first-order valence-corrected chi connectivity index (χ1v) is 10.2. The Morgan fingerprint density at radius 1 is 0.967 bits per heavy atom. The first-order valence-electron chi connectivity index (χ1n) is 10.2. The maximum absolute atomic E-state index is 12.8. The van der Waals surface area contributed by atoms with E-state index in [1.165, 1.54) is 0 Å². The van der Waals surface area contributed by atoms with Crippen LogP contribution in [-0.4, -0.2) is 45.9 Å². The van der Waals surface area contributed by atoms with Crippen molar-refractivity contribution in [1.29, 1.82) is 0 Å². The number of nitrogens with one attached hydrogen (secondary N) is 2. The predicted octanol–water partition coefficient (Wildman–Crippen LogP) is 2.05. The van der Waals surface area contributed by atoms with Gasteiger partial charge in [0.15, 0.2) is 0 Å². The van der Waals surface area contributed by atoms with Gasteiger partial charge in [-0.2, -0.15) is 0 Å². The Morgan fingerprint density at radius 2 is 1.63 bits per heavy atom. The highest BCUT2D eigenvalue weighted by Crippen LogP contribution is 2.17. The van der Waals surface area contributed by atoms with E-state index in [4.69, 9.17) is 0 Å². The molecule has 7 nitrogen and oxygen atoms in total. The van der Waals surface area contributed by atoms with Crippen molar-refractivity contribution in [3.63, 3.8) is 0 Å². The van der Waals surface area contributed by atoms with Gasteiger partial charge >= 0.3 is 7.12 Å². The molecular weight excluding hydrogens is 381 g/mol. The van der Waals surface area contributed by atoms with Crippen LogP contribution < -0.4 is 10.6 Å². The van der Waals surface area contributed by atoms with Gasteiger partial charge in [0, 0.05) is 5.56 Å². The van der Waals surface area contributed by atoms with Crippen LogP contribution in [0.5, 0.6) is 0 Å². The van der Waals surface area contributed by atoms with Crippen LogP contribution in [-0.2, 0) is 4.79 Å². The molecule has 8 heteroatoms. The first kappa shape index (κ1) is 23.6. The third-order valence-electron chi connectivity index (χ3n) is 4.70. The third-order valence-corrected chi connectivity index (χ3v) is 4.70. The molecule has 0 bridgehead atoms. The minimum absolute atomic E-state index is 0.161. The van der Waals surface area contributed by atoms with E-state index in [-0.39, 0.29) is 17.5 Å². The van der Waals surface area contributed by atoms with E-state index in [0.29, 0.717) is 12.1 Å². The smallest absolute Gasteiger partial charge is 0.426 e. The van der Waals surface area contributed by atoms with Gasteiger partial charge in [0.05, 0.1) is 11.6 Å². The zero-order valence-electron chi connectivity index (χ0n) is 17.9. The second kappa shape index (κ2) is 10.9. The van der Waals surface area contributed by atoms with Crippen LogP contribution in [0.1, 0.15) is 44.6 Å². The quantitative estimate of drug-likeness (QED) is 0.472. The topological polar surface area (TPSA) is 112 Å². The summed E-state index contributed by atoms with van der Waals surface area (Å²) in [4.78, 5) is 30.0. The van der Waals surface area contributed by atoms with Crippen molar-refractivity contribution in [1.82, 2.24) is 15.6 Å². The normalized spacial score (nSPS) is 13.1. The Labute approximate surface area is 178 Å². The van der Waals surface area contributed by atoms with Gasteiger partial charge in [0.2, 0.25) is 5.91 Å². The number of carbonyl (C=O) groups is 2. The number of amides is 2. The van der Waals surface area contributed by atoms with E-state index in [1.54, 1.807) is 12.1 Å². The standard InChI is InChI=1S/C22H30BN3O4/c1-14(2)13-19(23(29)30)25-22(28)20(15(3)4)26-21(27)18-12-8-11-17(24-18)16-9-6-5-7-10-16/h5-12,14-15,19-20,29-30H,13H2,1-4H3,(H,25,28)(H,26,27). The van der Waals surface area contributed by atoms with Gasteiger partial charge in [-0.1, -0.05) is 64.1 Å². The summed E-state index contributed by atoms with van der Waals surface area (Å²) >= 11 is 0. The molecule has 0 radical (unpaired) electrons. The SMILES string of the molecule is CC(C)CC(NC(=O)C(NC(=O)c1cccc(-c2ccccc2)n1)C(C)C)B(O)O. The predicted molar refractivity (Wildman–Crippen MR) is 117 cm³/mol. The summed E-state index contributed by atoms with van der Waals surface area (Å²) in [6.45, 7) is 7.47. The van der Waals surface area contributed by atoms with E-state index in [1.807, 2.05) is 64.1 Å². The molecule has 0 aliphatic heterocycles. The van der Waals surface area contributed by atoms with E-state index in [0.717, 1.165) is 5.56 Å². The molecule has 1 heterocycles. The summed E-state index contributed by atoms with van der Waals surface area (Å²) in [5.41, 5.74) is 1.75. The summed E-state index contributed by atoms with van der Waals surface area (Å²) in [5.74, 6) is -1.78. The molecule has 0 saturated heterocycles. The molecule has 2 rings (SSSR count). The number of aromatic nitrogens is 1. The van der Waals surface area contributed by atoms with Gasteiger partial charge in [-0.05, 0) is 30.4 Å². The molecule has 2 aromatic rings. The van der Waals surface area contributed by atoms with Crippen LogP contribution in [0.25, 0.3) is 11.3 Å². The van der Waals surface area contributed by atoms with Crippen molar-refractivity contribution in [2.75, 3.05) is 0 Å². The molecular formula is C22H30BN3O4. The highest BCUT2D eigenvalue weighted by molar-refractivity contribution is 6.43. The van der Waals surface area contributed by atoms with Crippen LogP contribution in [0.4, 0.5) is 0 Å². The molecule has 0 fully saturated rings. The van der Waals surface area contributed by atoms with E-state index >= 15 is 0 Å². The van der Waals surface area contributed by atoms with Crippen LogP contribution in [0.3, 0.4) is 0 Å². The molecule has 2 atom stereocenters. The lowest BCUT2D eigenvalue weighted by Crippen LogP contribution is -2.56. The lowest BCUT2D eigenvalue weighted by atomic mass is 9.75. The molecule has 2 amide bonds. The molecule has 0 aliphatic carbocycles. The first-order chi connectivity index (χ1) is 14.2. The molecule has 30 heavy (non-hydrogen) atoms. The number of carbonyl (C=O) groups excluding carboxylic acids is 2. The van der Waals surface area contributed by atoms with Crippen LogP contribution >= 0.6 is 0 Å². The second-order valence-electron chi connectivity index (χ2n) is 8.13. The van der Waals surface area contributed by atoms with Gasteiger partial charge in [-0.15, -0.1) is 0 Å². The number of hydrogen-bond acceptors (Lipinski definition) is 5. The largest absolute Gasteiger partial charge is 0.475 e. The van der Waals surface area contributed by atoms with Gasteiger partial charge in [0.25, 0.3) is 5.91 Å². The molecule has 4 N–H and O–H groups in total. The minimum atomic E-state index is -1.68. The monoisotopic (exact) mass is 411 g/mol. The van der Waals surface area contributed by atoms with E-state index < -0.39 is 30.9 Å². The van der Waals surface area contributed by atoms with E-state index in [2.05, 4.69) is 15.6 Å². The molecule has 0 spiro atoms. The average molecular weight is 411 g/mol. The van der Waals surface area contributed by atoms with Crippen LogP contribution in [0.2, 0.25) is 0 Å². The molecule has 0 aliphatic rings. The Balaban J connectivity index is 2.14. The van der Waals surface area contributed by atoms with Crippen molar-refractivity contribution in [3.05, 3.63) is 54.2 Å². The molecule has 1 aromatic heterocycles. The van der Waals surface area contributed by atoms with Crippen molar-refractivity contribution in [3.8, 4) is 11.3 Å².